The molecule has 0 spiro atoms. The highest BCUT2D eigenvalue weighted by Crippen LogP contribution is 2.44. The molecule has 0 aliphatic heterocycles. The van der Waals surface area contributed by atoms with Crippen molar-refractivity contribution in [3.63, 3.8) is 0 Å². The van der Waals surface area contributed by atoms with Crippen molar-refractivity contribution < 1.29 is 25.6 Å². The van der Waals surface area contributed by atoms with Crippen molar-refractivity contribution in [1.82, 2.24) is 0 Å². The second-order valence-corrected chi connectivity index (χ2v) is 14.1. The van der Waals surface area contributed by atoms with E-state index in [2.05, 4.69) is 45.2 Å². The highest BCUT2D eigenvalue weighted by Gasteiger charge is 2.31. The second kappa shape index (κ2) is 10.0. The van der Waals surface area contributed by atoms with Gasteiger partial charge in [0.2, 0.25) is 0 Å². The van der Waals surface area contributed by atoms with Crippen molar-refractivity contribution in [1.29, 1.82) is 0 Å². The van der Waals surface area contributed by atoms with E-state index in [9.17, 15) is 21.4 Å². The van der Waals surface area contributed by atoms with Crippen LogP contribution in [-0.2, 0) is 20.2 Å². The molecular formula is C26H21I2O6S2-. The summed E-state index contributed by atoms with van der Waals surface area (Å²) in [4.78, 5) is -0.246. The first-order valence-electron chi connectivity index (χ1n) is 11.4. The summed E-state index contributed by atoms with van der Waals surface area (Å²) in [7, 11) is -9.16. The van der Waals surface area contributed by atoms with Crippen molar-refractivity contribution >= 4 is 87.0 Å². The predicted octanol–water partition coefficient (Wildman–Crippen LogP) is 6.92. The fraction of sp³-hybridized carbons (Fsp3) is 0.231. The zero-order chi connectivity index (χ0) is 25.7. The van der Waals surface area contributed by atoms with Gasteiger partial charge in [-0.1, -0.05) is 67.8 Å². The maximum absolute atomic E-state index is 13.9. The summed E-state index contributed by atoms with van der Waals surface area (Å²) in [6.45, 7) is 0. The third-order valence-electron chi connectivity index (χ3n) is 6.61. The Labute approximate surface area is 237 Å². The van der Waals surface area contributed by atoms with E-state index >= 15 is 0 Å². The molecule has 1 fully saturated rings. The van der Waals surface area contributed by atoms with E-state index in [0.717, 1.165) is 44.8 Å². The minimum absolute atomic E-state index is 0.0112. The van der Waals surface area contributed by atoms with Gasteiger partial charge in [-0.2, -0.15) is 8.42 Å². The topological polar surface area (TPSA) is 101 Å². The van der Waals surface area contributed by atoms with Crippen LogP contribution in [0.4, 0.5) is 0 Å². The minimum atomic E-state index is -4.86. The highest BCUT2D eigenvalue weighted by atomic mass is 127. The summed E-state index contributed by atoms with van der Waals surface area (Å²) >= 11 is 4.31. The summed E-state index contributed by atoms with van der Waals surface area (Å²) in [5, 5.41) is 0.740. The van der Waals surface area contributed by atoms with Gasteiger partial charge < -0.3 is 8.74 Å². The van der Waals surface area contributed by atoms with E-state index in [4.69, 9.17) is 4.18 Å². The van der Waals surface area contributed by atoms with Crippen LogP contribution in [0.15, 0.2) is 70.5 Å². The monoisotopic (exact) mass is 747 g/mol. The molecule has 0 atom stereocenters. The quantitative estimate of drug-likeness (QED) is 0.0952. The van der Waals surface area contributed by atoms with Crippen molar-refractivity contribution in [2.24, 2.45) is 0 Å². The Balaban J connectivity index is 1.77. The van der Waals surface area contributed by atoms with E-state index < -0.39 is 20.2 Å². The molecule has 0 unspecified atom stereocenters. The number of rotatable bonds is 5. The van der Waals surface area contributed by atoms with E-state index in [0.29, 0.717) is 0 Å². The lowest BCUT2D eigenvalue weighted by Gasteiger charge is -2.26. The largest absolute Gasteiger partial charge is 0.744 e. The average Bonchev–Trinajstić information content (AvgIpc) is 2.83. The Morgan fingerprint density at radius 1 is 0.778 bits per heavy atom. The molecule has 0 amide bonds. The molecule has 188 valence electrons. The molecule has 4 aromatic carbocycles. The lowest BCUT2D eigenvalue weighted by molar-refractivity contribution is 0.433. The molecule has 0 bridgehead atoms. The van der Waals surface area contributed by atoms with Gasteiger partial charge in [-0.3, -0.25) is 0 Å². The molecule has 0 saturated heterocycles. The van der Waals surface area contributed by atoms with Crippen LogP contribution in [0.5, 0.6) is 5.75 Å². The Hall–Kier alpha value is -1.48. The van der Waals surface area contributed by atoms with Gasteiger partial charge in [0.25, 0.3) is 0 Å². The van der Waals surface area contributed by atoms with Gasteiger partial charge in [0, 0.05) is 28.7 Å². The lowest BCUT2D eigenvalue weighted by atomic mass is 9.84. The van der Waals surface area contributed by atoms with Crippen molar-refractivity contribution in [3.05, 3.63) is 73.4 Å². The van der Waals surface area contributed by atoms with E-state index in [1.807, 2.05) is 6.07 Å². The molecule has 4 aromatic rings. The van der Waals surface area contributed by atoms with Gasteiger partial charge in [0.05, 0.1) is 4.90 Å². The van der Waals surface area contributed by atoms with Gasteiger partial charge in [0.15, 0.2) is 5.75 Å². The number of benzene rings is 4. The zero-order valence-corrected chi connectivity index (χ0v) is 24.9. The molecule has 36 heavy (non-hydrogen) atoms. The first-order valence-corrected chi connectivity index (χ1v) is 16.4. The summed E-state index contributed by atoms with van der Waals surface area (Å²) < 4.78 is 72.2. The van der Waals surface area contributed by atoms with Crippen molar-refractivity contribution in [2.75, 3.05) is 0 Å². The van der Waals surface area contributed by atoms with Crippen LogP contribution < -0.4 is 4.18 Å². The van der Waals surface area contributed by atoms with Crippen LogP contribution in [0, 0.1) is 7.14 Å². The van der Waals surface area contributed by atoms with E-state index in [-0.39, 0.29) is 43.0 Å². The second-order valence-electron chi connectivity index (χ2n) is 8.88. The predicted molar refractivity (Wildman–Crippen MR) is 155 cm³/mol. The third kappa shape index (κ3) is 4.86. The van der Waals surface area contributed by atoms with Crippen LogP contribution in [0.3, 0.4) is 0 Å². The van der Waals surface area contributed by atoms with Crippen LogP contribution in [0.2, 0.25) is 0 Å². The van der Waals surface area contributed by atoms with Crippen LogP contribution >= 0.6 is 45.2 Å². The standard InChI is InChI=1S/C26H22I2O6S2/c27-17-14-22(28)24(16-8-2-1-3-9-16)23(15-17)36(32,33)34-25-18-10-4-6-12-20(18)26(35(29,30)31)21-13-7-5-11-19(21)25/h4-7,10-16H,1-3,8-9H2,(H,29,30,31)/p-1. The number of fused-ring (bicyclic) bond motifs is 2. The van der Waals surface area contributed by atoms with Gasteiger partial charge in [-0.25, -0.2) is 8.42 Å². The van der Waals surface area contributed by atoms with Gasteiger partial charge in [-0.05, 0) is 81.6 Å². The van der Waals surface area contributed by atoms with Crippen LogP contribution in [0.1, 0.15) is 43.6 Å². The maximum Gasteiger partial charge on any atom is 0.339 e. The molecule has 1 aliphatic carbocycles. The molecule has 0 radical (unpaired) electrons. The Kier molecular flexibility index (Phi) is 7.27. The summed E-state index contributed by atoms with van der Waals surface area (Å²) in [5.41, 5.74) is 0.781. The first-order chi connectivity index (χ1) is 17.1. The van der Waals surface area contributed by atoms with Crippen LogP contribution in [-0.4, -0.2) is 21.4 Å². The fourth-order valence-electron chi connectivity index (χ4n) is 5.12. The lowest BCUT2D eigenvalue weighted by Crippen LogP contribution is -2.17. The molecule has 0 heterocycles. The van der Waals surface area contributed by atoms with Gasteiger partial charge in [0.1, 0.15) is 15.0 Å². The third-order valence-corrected chi connectivity index (χ3v) is 10.3. The number of hydrogen-bond donors (Lipinski definition) is 0. The SMILES string of the molecule is O=S(=O)([O-])c1c2ccccc2c(OS(=O)(=O)c2cc(I)cc(I)c2C2CCCCC2)c2ccccc12. The van der Waals surface area contributed by atoms with Crippen molar-refractivity contribution in [3.8, 4) is 5.75 Å². The molecule has 6 nitrogen and oxygen atoms in total. The first kappa shape index (κ1) is 26.1. The molecule has 0 aromatic heterocycles. The van der Waals surface area contributed by atoms with Gasteiger partial charge >= 0.3 is 10.1 Å². The van der Waals surface area contributed by atoms with Crippen molar-refractivity contribution in [2.45, 2.75) is 47.8 Å². The smallest absolute Gasteiger partial charge is 0.339 e. The summed E-state index contributed by atoms with van der Waals surface area (Å²) in [6.07, 6.45) is 5.08. The van der Waals surface area contributed by atoms with E-state index in [1.54, 1.807) is 42.5 Å². The summed E-state index contributed by atoms with van der Waals surface area (Å²) in [5.74, 6) is 0.134. The Morgan fingerprint density at radius 3 is 1.83 bits per heavy atom. The highest BCUT2D eigenvalue weighted by molar-refractivity contribution is 14.1. The summed E-state index contributed by atoms with van der Waals surface area (Å²) in [6, 6.07) is 16.3. The maximum atomic E-state index is 13.9. The minimum Gasteiger partial charge on any atom is -0.744 e. The average molecular weight is 747 g/mol. The Bertz CT molecular complexity index is 1650. The zero-order valence-electron chi connectivity index (χ0n) is 18.9. The molecule has 0 N–H and O–H groups in total. The molecule has 1 saturated carbocycles. The normalized spacial score (nSPS) is 15.4. The van der Waals surface area contributed by atoms with Crippen LogP contribution in [0.25, 0.3) is 21.5 Å². The Morgan fingerprint density at radius 2 is 1.31 bits per heavy atom. The molecule has 5 rings (SSSR count). The fourth-order valence-corrected chi connectivity index (χ4v) is 10.00. The van der Waals surface area contributed by atoms with E-state index in [1.165, 1.54) is 12.1 Å². The molecule has 1 aliphatic rings. The molecular weight excluding hydrogens is 726 g/mol. The molecule has 10 heteroatoms. The number of hydrogen-bond acceptors (Lipinski definition) is 6. The number of halogens is 2. The van der Waals surface area contributed by atoms with Gasteiger partial charge in [-0.15, -0.1) is 0 Å².